The Kier molecular flexibility index (Phi) is 9.22. The van der Waals surface area contributed by atoms with E-state index >= 15 is 0 Å². The molecule has 9 N–H and O–H groups in total. The van der Waals surface area contributed by atoms with Crippen molar-refractivity contribution >= 4 is 5.97 Å². The fourth-order valence-corrected chi connectivity index (χ4v) is 4.77. The number of rotatable bonds is 7. The molecule has 0 spiro atoms. The maximum absolute atomic E-state index is 11.7. The molecule has 0 aromatic heterocycles. The lowest BCUT2D eigenvalue weighted by molar-refractivity contribution is -0.319. The van der Waals surface area contributed by atoms with Crippen molar-refractivity contribution in [2.75, 3.05) is 13.2 Å². The molecule has 0 amide bonds. The Balaban J connectivity index is 1.87. The molecule has 3 heterocycles. The van der Waals surface area contributed by atoms with E-state index in [1.165, 1.54) is 0 Å². The van der Waals surface area contributed by atoms with Crippen molar-refractivity contribution in [1.29, 1.82) is 0 Å². The number of hydrogen-bond donors (Lipinski definition) is 9. The predicted octanol–water partition coefficient (Wildman–Crippen LogP) is -4.72. The average molecular weight is 498 g/mol. The highest BCUT2D eigenvalue weighted by Gasteiger charge is 2.53. The van der Waals surface area contributed by atoms with E-state index in [9.17, 15) is 50.8 Å². The summed E-state index contributed by atoms with van der Waals surface area (Å²) < 4.78 is 22.1. The summed E-state index contributed by atoms with van der Waals surface area (Å²) in [6, 6.07) is 0. The first-order chi connectivity index (χ1) is 16.0. The van der Waals surface area contributed by atoms with E-state index in [0.29, 0.717) is 0 Å². The van der Waals surface area contributed by atoms with Gasteiger partial charge in [0.1, 0.15) is 48.8 Å². The first-order valence-corrected chi connectivity index (χ1v) is 11.2. The molecule has 3 aliphatic rings. The highest BCUT2D eigenvalue weighted by atomic mass is 16.7. The van der Waals surface area contributed by atoms with E-state index in [1.807, 2.05) is 0 Å². The van der Waals surface area contributed by atoms with Crippen molar-refractivity contribution in [2.24, 2.45) is 5.92 Å². The van der Waals surface area contributed by atoms with Gasteiger partial charge in [-0.15, -0.1) is 0 Å². The zero-order chi connectivity index (χ0) is 25.3. The van der Waals surface area contributed by atoms with Crippen LogP contribution in [-0.4, -0.2) is 145 Å². The summed E-state index contributed by atoms with van der Waals surface area (Å²) in [5, 5.41) is 90.2. The normalized spacial score (nSPS) is 50.1. The van der Waals surface area contributed by atoms with Crippen LogP contribution < -0.4 is 0 Å². The van der Waals surface area contributed by atoms with Crippen molar-refractivity contribution in [3.63, 3.8) is 0 Å². The monoisotopic (exact) mass is 498 g/mol. The quantitative estimate of drug-likeness (QED) is 0.160. The van der Waals surface area contributed by atoms with E-state index in [0.717, 1.165) is 0 Å². The van der Waals surface area contributed by atoms with Gasteiger partial charge in [-0.25, -0.2) is 4.79 Å². The Morgan fingerprint density at radius 1 is 0.853 bits per heavy atom. The van der Waals surface area contributed by atoms with Gasteiger partial charge in [-0.2, -0.15) is 0 Å². The molecule has 0 bridgehead atoms. The Morgan fingerprint density at radius 3 is 2.09 bits per heavy atom. The summed E-state index contributed by atoms with van der Waals surface area (Å²) in [4.78, 5) is 11.7. The average Bonchev–Trinajstić information content (AvgIpc) is 2.81. The standard InChI is InChI=1S/C20H34O14/c1-2-8-6(3-9-12(24)14(26)13(25)10(4-21)32-9)17(16(28)18(33-8)19(29)30)34-20-15(27)11(23)7(22)5-31-20/h6-18,20-28H,2-5H2,1H3,(H,29,30)/t6?,7-,8+,9+,10?,11?,12?,13+,14?,15+,16+,17?,18?,20+/m1/s1. The Morgan fingerprint density at radius 2 is 1.50 bits per heavy atom. The highest BCUT2D eigenvalue weighted by Crippen LogP contribution is 2.38. The minimum Gasteiger partial charge on any atom is -0.479 e. The lowest BCUT2D eigenvalue weighted by atomic mass is 9.79. The topological polar surface area (TPSA) is 236 Å². The van der Waals surface area contributed by atoms with E-state index in [-0.39, 0.29) is 19.4 Å². The van der Waals surface area contributed by atoms with Crippen molar-refractivity contribution in [1.82, 2.24) is 0 Å². The Bertz CT molecular complexity index is 678. The summed E-state index contributed by atoms with van der Waals surface area (Å²) in [5.41, 5.74) is 0. The molecule has 3 saturated heterocycles. The summed E-state index contributed by atoms with van der Waals surface area (Å²) >= 11 is 0. The fraction of sp³-hybridized carbons (Fsp3) is 0.950. The molecule has 0 radical (unpaired) electrons. The van der Waals surface area contributed by atoms with Gasteiger partial charge in [0.2, 0.25) is 0 Å². The van der Waals surface area contributed by atoms with Crippen LogP contribution in [0.3, 0.4) is 0 Å². The van der Waals surface area contributed by atoms with Crippen LogP contribution in [0.4, 0.5) is 0 Å². The van der Waals surface area contributed by atoms with E-state index in [2.05, 4.69) is 0 Å². The van der Waals surface area contributed by atoms with Crippen LogP contribution in [0.25, 0.3) is 0 Å². The predicted molar refractivity (Wildman–Crippen MR) is 107 cm³/mol. The number of carboxylic acid groups (broad SMARTS) is 1. The molecule has 3 rings (SSSR count). The third-order valence-corrected chi connectivity index (χ3v) is 6.75. The van der Waals surface area contributed by atoms with Gasteiger partial charge in [0.05, 0.1) is 31.5 Å². The van der Waals surface area contributed by atoms with Gasteiger partial charge in [-0.05, 0) is 12.8 Å². The highest BCUT2D eigenvalue weighted by molar-refractivity contribution is 5.73. The summed E-state index contributed by atoms with van der Waals surface area (Å²) in [6.45, 7) is 0.648. The first-order valence-electron chi connectivity index (χ1n) is 11.2. The van der Waals surface area contributed by atoms with Crippen LogP contribution in [0.1, 0.15) is 19.8 Å². The molecule has 14 nitrogen and oxygen atoms in total. The van der Waals surface area contributed by atoms with Gasteiger partial charge in [0.15, 0.2) is 12.4 Å². The second-order valence-corrected chi connectivity index (χ2v) is 8.95. The number of carboxylic acids is 1. The number of ether oxygens (including phenoxy) is 4. The first kappa shape index (κ1) is 27.6. The largest absolute Gasteiger partial charge is 0.479 e. The second kappa shape index (κ2) is 11.4. The van der Waals surface area contributed by atoms with Crippen molar-refractivity contribution < 1.29 is 69.7 Å². The molecule has 3 aliphatic heterocycles. The van der Waals surface area contributed by atoms with E-state index < -0.39 is 98.0 Å². The lowest BCUT2D eigenvalue weighted by Gasteiger charge is -2.48. The smallest absolute Gasteiger partial charge is 0.335 e. The molecule has 14 atom stereocenters. The SMILES string of the molecule is CC[C@@H]1OC(C(=O)O)[C@@H](O)C(O[C@@H]2OC[C@@H](O)C(O)[C@@H]2O)C1C[C@@H]1OC(CO)[C@H](O)C(O)C1O. The molecule has 0 saturated carbocycles. The van der Waals surface area contributed by atoms with Gasteiger partial charge in [-0.1, -0.05) is 6.92 Å². The lowest BCUT2D eigenvalue weighted by Crippen LogP contribution is -2.63. The van der Waals surface area contributed by atoms with Gasteiger partial charge in [0.25, 0.3) is 0 Å². The summed E-state index contributed by atoms with van der Waals surface area (Å²) in [7, 11) is 0. The summed E-state index contributed by atoms with van der Waals surface area (Å²) in [6.07, 6.45) is -19.0. The molecule has 34 heavy (non-hydrogen) atoms. The number of aliphatic carboxylic acids is 1. The van der Waals surface area contributed by atoms with Crippen LogP contribution in [0.15, 0.2) is 0 Å². The molecule has 3 fully saturated rings. The van der Waals surface area contributed by atoms with Crippen molar-refractivity contribution in [3.05, 3.63) is 0 Å². The van der Waals surface area contributed by atoms with Gasteiger partial charge in [0, 0.05) is 5.92 Å². The van der Waals surface area contributed by atoms with E-state index in [1.54, 1.807) is 6.92 Å². The maximum Gasteiger partial charge on any atom is 0.335 e. The number of aliphatic hydroxyl groups is 8. The number of aliphatic hydroxyl groups excluding tert-OH is 8. The van der Waals surface area contributed by atoms with E-state index in [4.69, 9.17) is 18.9 Å². The molecule has 198 valence electrons. The van der Waals surface area contributed by atoms with Gasteiger partial charge < -0.3 is 64.9 Å². The Hall–Kier alpha value is -1.01. The maximum atomic E-state index is 11.7. The minimum atomic E-state index is -1.77. The van der Waals surface area contributed by atoms with Crippen LogP contribution in [0, 0.1) is 5.92 Å². The Labute approximate surface area is 194 Å². The van der Waals surface area contributed by atoms with Crippen LogP contribution in [0.2, 0.25) is 0 Å². The third kappa shape index (κ3) is 5.38. The molecule has 0 aromatic carbocycles. The van der Waals surface area contributed by atoms with Crippen LogP contribution in [0.5, 0.6) is 0 Å². The van der Waals surface area contributed by atoms with Crippen LogP contribution in [-0.2, 0) is 23.7 Å². The molecule has 0 aromatic rings. The molecule has 0 aliphatic carbocycles. The zero-order valence-electron chi connectivity index (χ0n) is 18.5. The second-order valence-electron chi connectivity index (χ2n) is 8.95. The van der Waals surface area contributed by atoms with Gasteiger partial charge in [-0.3, -0.25) is 0 Å². The molecule has 7 unspecified atom stereocenters. The summed E-state index contributed by atoms with van der Waals surface area (Å²) in [5.74, 6) is -2.34. The number of hydrogen-bond acceptors (Lipinski definition) is 13. The molecular weight excluding hydrogens is 464 g/mol. The zero-order valence-corrected chi connectivity index (χ0v) is 18.5. The molecular formula is C20H34O14. The molecule has 14 heteroatoms. The van der Waals surface area contributed by atoms with Crippen molar-refractivity contribution in [2.45, 2.75) is 99.3 Å². The van der Waals surface area contributed by atoms with Crippen molar-refractivity contribution in [3.8, 4) is 0 Å². The third-order valence-electron chi connectivity index (χ3n) is 6.75. The number of carbonyl (C=O) groups is 1. The van der Waals surface area contributed by atoms with Gasteiger partial charge >= 0.3 is 5.97 Å². The minimum absolute atomic E-state index is 0.165. The van der Waals surface area contributed by atoms with Crippen LogP contribution >= 0.6 is 0 Å². The fourth-order valence-electron chi connectivity index (χ4n) is 4.77.